The Hall–Kier alpha value is -2.99. The first-order valence-electron chi connectivity index (χ1n) is 9.70. The molecule has 144 valence electrons. The number of aromatic nitrogens is 2. The van der Waals surface area contributed by atoms with E-state index in [0.29, 0.717) is 18.2 Å². The number of piperazine rings is 1. The van der Waals surface area contributed by atoms with Crippen LogP contribution in [0.15, 0.2) is 65.1 Å². The maximum absolute atomic E-state index is 12.5. The topological polar surface area (TPSA) is 62.5 Å². The first-order valence-corrected chi connectivity index (χ1v) is 9.70. The zero-order valence-electron chi connectivity index (χ0n) is 15.8. The molecule has 0 saturated carbocycles. The lowest BCUT2D eigenvalue weighted by atomic mass is 10.1. The van der Waals surface area contributed by atoms with Gasteiger partial charge in [-0.3, -0.25) is 9.69 Å². The predicted octanol–water partition coefficient (Wildman–Crippen LogP) is 2.67. The van der Waals surface area contributed by atoms with Crippen molar-refractivity contribution in [2.24, 2.45) is 0 Å². The minimum Gasteiger partial charge on any atom is -0.421 e. The van der Waals surface area contributed by atoms with Gasteiger partial charge in [-0.25, -0.2) is 0 Å². The number of hydrogen-bond acceptors (Lipinski definition) is 5. The third-order valence-electron chi connectivity index (χ3n) is 5.05. The Morgan fingerprint density at radius 3 is 2.29 bits per heavy atom. The molecule has 0 spiro atoms. The molecule has 1 fully saturated rings. The number of nitrogens with zero attached hydrogens (tertiary/aromatic N) is 4. The van der Waals surface area contributed by atoms with Gasteiger partial charge in [-0.15, -0.1) is 10.2 Å². The van der Waals surface area contributed by atoms with Crippen LogP contribution in [0.1, 0.15) is 11.5 Å². The summed E-state index contributed by atoms with van der Waals surface area (Å²) in [6.45, 7) is 4.15. The molecule has 1 amide bonds. The van der Waals surface area contributed by atoms with Crippen LogP contribution in [0.2, 0.25) is 0 Å². The van der Waals surface area contributed by atoms with Crippen molar-refractivity contribution in [3.63, 3.8) is 0 Å². The monoisotopic (exact) mass is 376 g/mol. The van der Waals surface area contributed by atoms with Crippen molar-refractivity contribution in [3.8, 4) is 11.5 Å². The molecule has 1 aliphatic rings. The minimum atomic E-state index is 0.204. The number of hydrogen-bond donors (Lipinski definition) is 0. The van der Waals surface area contributed by atoms with Crippen molar-refractivity contribution >= 4 is 5.91 Å². The van der Waals surface area contributed by atoms with E-state index in [0.717, 1.165) is 50.3 Å². The lowest BCUT2D eigenvalue weighted by molar-refractivity contribution is -0.132. The van der Waals surface area contributed by atoms with Crippen LogP contribution in [0.5, 0.6) is 0 Å². The van der Waals surface area contributed by atoms with Crippen LogP contribution >= 0.6 is 0 Å². The predicted molar refractivity (Wildman–Crippen MR) is 107 cm³/mol. The van der Waals surface area contributed by atoms with Gasteiger partial charge in [-0.2, -0.15) is 0 Å². The van der Waals surface area contributed by atoms with Crippen molar-refractivity contribution in [1.29, 1.82) is 0 Å². The second-order valence-electron chi connectivity index (χ2n) is 7.00. The van der Waals surface area contributed by atoms with E-state index in [4.69, 9.17) is 4.42 Å². The van der Waals surface area contributed by atoms with Gasteiger partial charge in [0.1, 0.15) is 0 Å². The number of rotatable bonds is 6. The Morgan fingerprint density at radius 1 is 0.893 bits per heavy atom. The second kappa shape index (κ2) is 8.80. The number of carbonyl (C=O) groups excluding carboxylic acids is 1. The molecule has 2 aromatic carbocycles. The summed E-state index contributed by atoms with van der Waals surface area (Å²) in [6.07, 6.45) is 1.20. The molecule has 0 unspecified atom stereocenters. The summed E-state index contributed by atoms with van der Waals surface area (Å²) in [5, 5.41) is 8.30. The molecule has 1 aromatic heterocycles. The summed E-state index contributed by atoms with van der Waals surface area (Å²) in [7, 11) is 0. The SMILES string of the molecule is O=C(Cc1ccccc1)N1CCN(CCc2nnc(-c3ccccc3)o2)CC1. The lowest BCUT2D eigenvalue weighted by Crippen LogP contribution is -2.49. The average Bonchev–Trinajstić information content (AvgIpc) is 3.23. The highest BCUT2D eigenvalue weighted by Gasteiger charge is 2.21. The molecule has 0 N–H and O–H groups in total. The van der Waals surface area contributed by atoms with Crippen LogP contribution in [-0.2, 0) is 17.6 Å². The largest absolute Gasteiger partial charge is 0.421 e. The molecular weight excluding hydrogens is 352 g/mol. The van der Waals surface area contributed by atoms with Gasteiger partial charge in [-0.05, 0) is 17.7 Å². The van der Waals surface area contributed by atoms with E-state index in [1.807, 2.05) is 65.6 Å². The summed E-state index contributed by atoms with van der Waals surface area (Å²) in [5.74, 6) is 1.42. The molecule has 0 bridgehead atoms. The van der Waals surface area contributed by atoms with E-state index in [9.17, 15) is 4.79 Å². The summed E-state index contributed by atoms with van der Waals surface area (Å²) >= 11 is 0. The zero-order chi connectivity index (χ0) is 19.2. The van der Waals surface area contributed by atoms with Gasteiger partial charge >= 0.3 is 0 Å². The van der Waals surface area contributed by atoms with E-state index in [1.54, 1.807) is 0 Å². The standard InChI is InChI=1S/C22H24N4O2/c27-21(17-18-7-3-1-4-8-18)26-15-13-25(14-16-26)12-11-20-23-24-22(28-20)19-9-5-2-6-10-19/h1-10H,11-17H2. The van der Waals surface area contributed by atoms with E-state index in [2.05, 4.69) is 15.1 Å². The molecule has 6 heteroatoms. The third kappa shape index (κ3) is 4.64. The first-order chi connectivity index (χ1) is 13.8. The molecule has 0 aliphatic carbocycles. The summed E-state index contributed by atoms with van der Waals surface area (Å²) in [6, 6.07) is 19.7. The van der Waals surface area contributed by atoms with Crippen molar-refractivity contribution in [2.45, 2.75) is 12.8 Å². The average molecular weight is 376 g/mol. The van der Waals surface area contributed by atoms with Gasteiger partial charge < -0.3 is 9.32 Å². The molecule has 6 nitrogen and oxygen atoms in total. The third-order valence-corrected chi connectivity index (χ3v) is 5.05. The quantitative estimate of drug-likeness (QED) is 0.662. The van der Waals surface area contributed by atoms with Gasteiger partial charge in [0.15, 0.2) is 0 Å². The van der Waals surface area contributed by atoms with E-state index < -0.39 is 0 Å². The summed E-state index contributed by atoms with van der Waals surface area (Å²) < 4.78 is 5.77. The molecule has 1 aliphatic heterocycles. The fourth-order valence-corrected chi connectivity index (χ4v) is 3.41. The highest BCUT2D eigenvalue weighted by atomic mass is 16.4. The van der Waals surface area contributed by atoms with Crippen LogP contribution in [0.3, 0.4) is 0 Å². The Morgan fingerprint density at radius 2 is 1.57 bits per heavy atom. The van der Waals surface area contributed by atoms with Gasteiger partial charge in [-0.1, -0.05) is 48.5 Å². The maximum atomic E-state index is 12.5. The van der Waals surface area contributed by atoms with Crippen molar-refractivity contribution in [1.82, 2.24) is 20.0 Å². The molecule has 0 radical (unpaired) electrons. The normalized spacial score (nSPS) is 14.9. The van der Waals surface area contributed by atoms with Crippen LogP contribution in [0.4, 0.5) is 0 Å². The molecular formula is C22H24N4O2. The summed E-state index contributed by atoms with van der Waals surface area (Å²) in [5.41, 5.74) is 2.01. The van der Waals surface area contributed by atoms with Crippen LogP contribution in [0.25, 0.3) is 11.5 Å². The molecule has 3 aromatic rings. The molecule has 0 atom stereocenters. The fourth-order valence-electron chi connectivity index (χ4n) is 3.41. The Balaban J connectivity index is 1.23. The molecule has 1 saturated heterocycles. The van der Waals surface area contributed by atoms with E-state index in [1.165, 1.54) is 0 Å². The molecule has 28 heavy (non-hydrogen) atoms. The van der Waals surface area contributed by atoms with Gasteiger partial charge in [0.2, 0.25) is 17.7 Å². The fraction of sp³-hybridized carbons (Fsp3) is 0.318. The lowest BCUT2D eigenvalue weighted by Gasteiger charge is -2.34. The van der Waals surface area contributed by atoms with Crippen LogP contribution < -0.4 is 0 Å². The Labute approximate surface area is 164 Å². The maximum Gasteiger partial charge on any atom is 0.247 e. The van der Waals surface area contributed by atoms with Gasteiger partial charge in [0.25, 0.3) is 0 Å². The van der Waals surface area contributed by atoms with E-state index in [-0.39, 0.29) is 5.91 Å². The number of amides is 1. The highest BCUT2D eigenvalue weighted by Crippen LogP contribution is 2.17. The highest BCUT2D eigenvalue weighted by molar-refractivity contribution is 5.78. The first kappa shape index (κ1) is 18.4. The van der Waals surface area contributed by atoms with Crippen LogP contribution in [-0.4, -0.2) is 58.6 Å². The smallest absolute Gasteiger partial charge is 0.247 e. The second-order valence-corrected chi connectivity index (χ2v) is 7.00. The number of carbonyl (C=O) groups is 1. The number of benzene rings is 2. The van der Waals surface area contributed by atoms with Crippen LogP contribution in [0, 0.1) is 0 Å². The van der Waals surface area contributed by atoms with Crippen molar-refractivity contribution in [2.75, 3.05) is 32.7 Å². The molecule has 4 rings (SSSR count). The minimum absolute atomic E-state index is 0.204. The van der Waals surface area contributed by atoms with E-state index >= 15 is 0 Å². The Bertz CT molecular complexity index is 887. The van der Waals surface area contributed by atoms with Gasteiger partial charge in [0.05, 0.1) is 6.42 Å². The van der Waals surface area contributed by atoms with Gasteiger partial charge in [0, 0.05) is 44.7 Å². The van der Waals surface area contributed by atoms with Crippen molar-refractivity contribution < 1.29 is 9.21 Å². The molecule has 2 heterocycles. The zero-order valence-corrected chi connectivity index (χ0v) is 15.8. The Kier molecular flexibility index (Phi) is 5.77. The summed E-state index contributed by atoms with van der Waals surface area (Å²) in [4.78, 5) is 16.8. The van der Waals surface area contributed by atoms with Crippen molar-refractivity contribution in [3.05, 3.63) is 72.1 Å².